The second-order valence-electron chi connectivity index (χ2n) is 6.45. The standard InChI is InChI=1S/C15H23N3/c1-9(2)10(3)14-17-11-7-8-16-12(11)13(18-14)15(4,5)6/h7-10,16H,1-6H3. The SMILES string of the molecule is CC(C)C(C)c1nc(C(C)(C)C)c2[nH]ccc2n1. The lowest BCUT2D eigenvalue weighted by Gasteiger charge is -2.21. The van der Waals surface area contributed by atoms with E-state index in [-0.39, 0.29) is 5.41 Å². The van der Waals surface area contributed by atoms with Gasteiger partial charge in [-0.3, -0.25) is 0 Å². The number of nitrogens with zero attached hydrogens (tertiary/aromatic N) is 2. The van der Waals surface area contributed by atoms with Crippen molar-refractivity contribution in [3.8, 4) is 0 Å². The summed E-state index contributed by atoms with van der Waals surface area (Å²) >= 11 is 0. The molecule has 0 spiro atoms. The molecule has 0 fully saturated rings. The van der Waals surface area contributed by atoms with Gasteiger partial charge in [0, 0.05) is 17.5 Å². The first-order valence-electron chi connectivity index (χ1n) is 6.66. The maximum atomic E-state index is 4.82. The fourth-order valence-electron chi connectivity index (χ4n) is 2.01. The lowest BCUT2D eigenvalue weighted by molar-refractivity contribution is 0.499. The number of rotatable bonds is 2. The zero-order valence-electron chi connectivity index (χ0n) is 12.2. The third kappa shape index (κ3) is 2.26. The van der Waals surface area contributed by atoms with Crippen molar-refractivity contribution in [1.29, 1.82) is 0 Å². The molecule has 2 aromatic rings. The fraction of sp³-hybridized carbons (Fsp3) is 0.600. The third-order valence-electron chi connectivity index (χ3n) is 3.54. The number of aromatic amines is 1. The van der Waals surface area contributed by atoms with E-state index in [4.69, 9.17) is 4.98 Å². The third-order valence-corrected chi connectivity index (χ3v) is 3.54. The van der Waals surface area contributed by atoms with Crippen LogP contribution < -0.4 is 0 Å². The van der Waals surface area contributed by atoms with Crippen LogP contribution in [-0.2, 0) is 5.41 Å². The molecule has 3 heteroatoms. The second-order valence-corrected chi connectivity index (χ2v) is 6.45. The van der Waals surface area contributed by atoms with Gasteiger partial charge in [-0.1, -0.05) is 41.5 Å². The Morgan fingerprint density at radius 2 is 1.78 bits per heavy atom. The minimum Gasteiger partial charge on any atom is -0.358 e. The van der Waals surface area contributed by atoms with Crippen LogP contribution in [0.15, 0.2) is 12.3 Å². The van der Waals surface area contributed by atoms with Gasteiger partial charge < -0.3 is 4.98 Å². The molecule has 0 radical (unpaired) electrons. The van der Waals surface area contributed by atoms with Gasteiger partial charge in [-0.05, 0) is 12.0 Å². The molecule has 0 aliphatic carbocycles. The van der Waals surface area contributed by atoms with Crippen molar-refractivity contribution in [3.63, 3.8) is 0 Å². The van der Waals surface area contributed by atoms with E-state index in [9.17, 15) is 0 Å². The molecular weight excluding hydrogens is 222 g/mol. The Morgan fingerprint density at radius 3 is 2.33 bits per heavy atom. The minimum atomic E-state index is 0.0253. The molecule has 0 aromatic carbocycles. The first-order valence-corrected chi connectivity index (χ1v) is 6.66. The molecular formula is C15H23N3. The molecule has 98 valence electrons. The molecule has 2 heterocycles. The summed E-state index contributed by atoms with van der Waals surface area (Å²) in [4.78, 5) is 12.8. The number of fused-ring (bicyclic) bond motifs is 1. The molecule has 3 nitrogen and oxygen atoms in total. The monoisotopic (exact) mass is 245 g/mol. The molecule has 1 N–H and O–H groups in total. The van der Waals surface area contributed by atoms with Crippen molar-refractivity contribution >= 4 is 11.0 Å². The van der Waals surface area contributed by atoms with Crippen LogP contribution in [0.4, 0.5) is 0 Å². The summed E-state index contributed by atoms with van der Waals surface area (Å²) in [7, 11) is 0. The average Bonchev–Trinajstić information content (AvgIpc) is 2.72. The Kier molecular flexibility index (Phi) is 3.18. The zero-order chi connectivity index (χ0) is 13.5. The average molecular weight is 245 g/mol. The highest BCUT2D eigenvalue weighted by Gasteiger charge is 2.23. The Balaban J connectivity index is 2.65. The highest BCUT2D eigenvalue weighted by atomic mass is 14.9. The Morgan fingerprint density at radius 1 is 1.11 bits per heavy atom. The van der Waals surface area contributed by atoms with Crippen molar-refractivity contribution in [3.05, 3.63) is 23.8 Å². The Bertz CT molecular complexity index is 546. The Labute approximate surface area is 109 Å². The van der Waals surface area contributed by atoms with Gasteiger partial charge in [0.1, 0.15) is 5.82 Å². The van der Waals surface area contributed by atoms with Gasteiger partial charge in [-0.25, -0.2) is 9.97 Å². The highest BCUT2D eigenvalue weighted by Crippen LogP contribution is 2.29. The molecule has 1 unspecified atom stereocenters. The number of hydrogen-bond acceptors (Lipinski definition) is 2. The topological polar surface area (TPSA) is 41.6 Å². The van der Waals surface area contributed by atoms with Crippen LogP contribution in [-0.4, -0.2) is 15.0 Å². The highest BCUT2D eigenvalue weighted by molar-refractivity contribution is 5.78. The van der Waals surface area contributed by atoms with E-state index >= 15 is 0 Å². The van der Waals surface area contributed by atoms with Gasteiger partial charge in [0.05, 0.1) is 16.7 Å². The number of nitrogens with one attached hydrogen (secondary N) is 1. The summed E-state index contributed by atoms with van der Waals surface area (Å²) in [6.45, 7) is 13.2. The van der Waals surface area contributed by atoms with E-state index in [1.54, 1.807) is 0 Å². The second kappa shape index (κ2) is 4.38. The summed E-state index contributed by atoms with van der Waals surface area (Å²) in [5, 5.41) is 0. The van der Waals surface area contributed by atoms with Gasteiger partial charge in [0.15, 0.2) is 0 Å². The van der Waals surface area contributed by atoms with Crippen molar-refractivity contribution in [2.75, 3.05) is 0 Å². The smallest absolute Gasteiger partial charge is 0.132 e. The van der Waals surface area contributed by atoms with Crippen LogP contribution >= 0.6 is 0 Å². The fourth-order valence-corrected chi connectivity index (χ4v) is 2.01. The Hall–Kier alpha value is -1.38. The first kappa shape index (κ1) is 13.1. The van der Waals surface area contributed by atoms with E-state index in [1.165, 1.54) is 0 Å². The molecule has 18 heavy (non-hydrogen) atoms. The normalized spacial score (nSPS) is 14.4. The predicted molar refractivity (Wildman–Crippen MR) is 75.8 cm³/mol. The maximum Gasteiger partial charge on any atom is 0.132 e. The molecule has 0 aliphatic rings. The largest absolute Gasteiger partial charge is 0.358 e. The molecule has 2 rings (SSSR count). The van der Waals surface area contributed by atoms with Gasteiger partial charge >= 0.3 is 0 Å². The van der Waals surface area contributed by atoms with Gasteiger partial charge in [-0.2, -0.15) is 0 Å². The number of H-pyrrole nitrogens is 1. The van der Waals surface area contributed by atoms with Gasteiger partial charge in [0.25, 0.3) is 0 Å². The predicted octanol–water partition coefficient (Wildman–Crippen LogP) is 4.01. The molecule has 0 saturated carbocycles. The molecule has 1 atom stereocenters. The number of hydrogen-bond donors (Lipinski definition) is 1. The van der Waals surface area contributed by atoms with Gasteiger partial charge in [-0.15, -0.1) is 0 Å². The van der Waals surface area contributed by atoms with Crippen molar-refractivity contribution in [1.82, 2.24) is 15.0 Å². The molecule has 0 aliphatic heterocycles. The lowest BCUT2D eigenvalue weighted by Crippen LogP contribution is -2.18. The zero-order valence-corrected chi connectivity index (χ0v) is 12.2. The van der Waals surface area contributed by atoms with E-state index in [1.807, 2.05) is 12.3 Å². The van der Waals surface area contributed by atoms with E-state index in [2.05, 4.69) is 51.5 Å². The quantitative estimate of drug-likeness (QED) is 0.868. The molecule has 0 saturated heterocycles. The minimum absolute atomic E-state index is 0.0253. The van der Waals surface area contributed by atoms with Crippen molar-refractivity contribution in [2.24, 2.45) is 5.92 Å². The summed E-state index contributed by atoms with van der Waals surface area (Å²) in [5.41, 5.74) is 3.23. The van der Waals surface area contributed by atoms with E-state index < -0.39 is 0 Å². The van der Waals surface area contributed by atoms with Crippen molar-refractivity contribution < 1.29 is 0 Å². The van der Waals surface area contributed by atoms with Crippen molar-refractivity contribution in [2.45, 2.75) is 52.9 Å². The summed E-state index contributed by atoms with van der Waals surface area (Å²) < 4.78 is 0. The van der Waals surface area contributed by atoms with E-state index in [0.717, 1.165) is 22.6 Å². The molecule has 2 aromatic heterocycles. The summed E-state index contributed by atoms with van der Waals surface area (Å²) in [6.07, 6.45) is 1.94. The molecule has 0 amide bonds. The van der Waals surface area contributed by atoms with E-state index in [0.29, 0.717) is 11.8 Å². The number of aromatic nitrogens is 3. The van der Waals surface area contributed by atoms with Gasteiger partial charge in [0.2, 0.25) is 0 Å². The van der Waals surface area contributed by atoms with Crippen LogP contribution in [0.1, 0.15) is 59.0 Å². The summed E-state index contributed by atoms with van der Waals surface area (Å²) in [5.74, 6) is 1.89. The van der Waals surface area contributed by atoms with Crippen LogP contribution in [0.2, 0.25) is 0 Å². The van der Waals surface area contributed by atoms with Crippen LogP contribution in [0.25, 0.3) is 11.0 Å². The van der Waals surface area contributed by atoms with Crippen LogP contribution in [0.5, 0.6) is 0 Å². The summed E-state index contributed by atoms with van der Waals surface area (Å²) in [6, 6.07) is 2.03. The molecule has 0 bridgehead atoms. The first-order chi connectivity index (χ1) is 8.30. The van der Waals surface area contributed by atoms with Crippen LogP contribution in [0, 0.1) is 5.92 Å². The maximum absolute atomic E-state index is 4.82. The van der Waals surface area contributed by atoms with Crippen LogP contribution in [0.3, 0.4) is 0 Å². The lowest BCUT2D eigenvalue weighted by atomic mass is 9.90.